The number of benzene rings is 2. The van der Waals surface area contributed by atoms with E-state index in [0.717, 1.165) is 28.6 Å². The second-order valence-corrected chi connectivity index (χ2v) is 9.91. The Morgan fingerprint density at radius 1 is 1.18 bits per heavy atom. The number of halogens is 1. The Morgan fingerprint density at radius 2 is 1.82 bits per heavy atom. The second-order valence-electron chi connectivity index (χ2n) is 8.99. The number of carbonyl (C=O) groups is 1. The molecule has 0 saturated heterocycles. The average Bonchev–Trinajstić information content (AvgIpc) is 3.42. The van der Waals surface area contributed by atoms with Crippen molar-refractivity contribution >= 4 is 21.8 Å². The first-order valence-corrected chi connectivity index (χ1v) is 10.7. The van der Waals surface area contributed by atoms with E-state index < -0.39 is 0 Å². The summed E-state index contributed by atoms with van der Waals surface area (Å²) in [6.07, 6.45) is 2.20. The van der Waals surface area contributed by atoms with Gasteiger partial charge in [0.2, 0.25) is 0 Å². The molecule has 0 heterocycles. The Hall–Kier alpha value is -1.81. The highest BCUT2D eigenvalue weighted by Gasteiger charge is 2.49. The topological polar surface area (TPSA) is 38.3 Å². The molecule has 28 heavy (non-hydrogen) atoms. The van der Waals surface area contributed by atoms with Crippen LogP contribution in [0.5, 0.6) is 5.75 Å². The summed E-state index contributed by atoms with van der Waals surface area (Å²) in [5, 5.41) is 3.16. The molecule has 1 unspecified atom stereocenters. The van der Waals surface area contributed by atoms with Gasteiger partial charge in [-0.05, 0) is 61.4 Å². The first-order valence-electron chi connectivity index (χ1n) is 9.91. The maximum Gasteiger partial charge on any atom is 0.258 e. The van der Waals surface area contributed by atoms with Crippen molar-refractivity contribution in [2.24, 2.45) is 0 Å². The first kappa shape index (κ1) is 20.9. The van der Waals surface area contributed by atoms with Crippen molar-refractivity contribution in [3.8, 4) is 5.75 Å². The highest BCUT2D eigenvalue weighted by atomic mass is 79.9. The Labute approximate surface area is 177 Å². The summed E-state index contributed by atoms with van der Waals surface area (Å²) >= 11 is 3.49. The molecule has 1 aliphatic rings. The Kier molecular flexibility index (Phi) is 5.90. The van der Waals surface area contributed by atoms with E-state index in [2.05, 4.69) is 86.2 Å². The number of amides is 1. The third-order valence-corrected chi connectivity index (χ3v) is 6.24. The molecular weight excluding hydrogens is 414 g/mol. The van der Waals surface area contributed by atoms with Gasteiger partial charge < -0.3 is 10.1 Å². The SMILES string of the molecule is Cc1ccc(OCC(=O)NC(C)C2(c3ccc(Br)cc3)CC2)c(C(C)(C)C)c1. The molecule has 0 radical (unpaired) electrons. The molecule has 0 bridgehead atoms. The third kappa shape index (κ3) is 4.60. The molecule has 1 saturated carbocycles. The van der Waals surface area contributed by atoms with Crippen LogP contribution in [0.25, 0.3) is 0 Å². The number of hydrogen-bond donors (Lipinski definition) is 1. The molecule has 1 amide bonds. The van der Waals surface area contributed by atoms with E-state index in [-0.39, 0.29) is 29.4 Å². The molecule has 3 rings (SSSR count). The predicted octanol–water partition coefficient (Wildman–Crippen LogP) is 5.67. The zero-order valence-electron chi connectivity index (χ0n) is 17.4. The Balaban J connectivity index is 1.63. The number of rotatable bonds is 6. The summed E-state index contributed by atoms with van der Waals surface area (Å²) in [6.45, 7) is 10.7. The molecule has 1 N–H and O–H groups in total. The Bertz CT molecular complexity index is 848. The van der Waals surface area contributed by atoms with Crippen molar-refractivity contribution in [1.82, 2.24) is 5.32 Å². The first-order chi connectivity index (χ1) is 13.1. The van der Waals surface area contributed by atoms with Gasteiger partial charge in [-0.1, -0.05) is 66.5 Å². The fourth-order valence-corrected chi connectivity index (χ4v) is 4.07. The zero-order chi connectivity index (χ0) is 20.5. The quantitative estimate of drug-likeness (QED) is 0.624. The van der Waals surface area contributed by atoms with Gasteiger partial charge in [-0.3, -0.25) is 4.79 Å². The van der Waals surface area contributed by atoms with E-state index in [4.69, 9.17) is 4.74 Å². The van der Waals surface area contributed by atoms with Crippen LogP contribution in [-0.4, -0.2) is 18.6 Å². The number of ether oxygens (including phenoxy) is 1. The van der Waals surface area contributed by atoms with Gasteiger partial charge in [-0.25, -0.2) is 0 Å². The highest BCUT2D eigenvalue weighted by molar-refractivity contribution is 9.10. The van der Waals surface area contributed by atoms with Crippen LogP contribution < -0.4 is 10.1 Å². The molecule has 0 aromatic heterocycles. The van der Waals surface area contributed by atoms with Gasteiger partial charge in [0.25, 0.3) is 5.91 Å². The minimum absolute atomic E-state index is 0.0346. The minimum Gasteiger partial charge on any atom is -0.483 e. The highest BCUT2D eigenvalue weighted by Crippen LogP contribution is 2.51. The van der Waals surface area contributed by atoms with Crippen molar-refractivity contribution < 1.29 is 9.53 Å². The fraction of sp³-hybridized carbons (Fsp3) is 0.458. The maximum atomic E-state index is 12.6. The van der Waals surface area contributed by atoms with Gasteiger partial charge in [0, 0.05) is 15.9 Å². The van der Waals surface area contributed by atoms with Crippen molar-refractivity contribution in [3.05, 3.63) is 63.6 Å². The average molecular weight is 444 g/mol. The number of aryl methyl sites for hydroxylation is 1. The molecule has 3 nitrogen and oxygen atoms in total. The molecule has 1 aliphatic carbocycles. The number of nitrogens with one attached hydrogen (secondary N) is 1. The molecule has 0 spiro atoms. The lowest BCUT2D eigenvalue weighted by Gasteiger charge is -2.26. The maximum absolute atomic E-state index is 12.6. The van der Waals surface area contributed by atoms with Gasteiger partial charge in [-0.2, -0.15) is 0 Å². The fourth-order valence-electron chi connectivity index (χ4n) is 3.81. The summed E-state index contributed by atoms with van der Waals surface area (Å²) in [7, 11) is 0. The van der Waals surface area contributed by atoms with E-state index in [1.807, 2.05) is 12.1 Å². The van der Waals surface area contributed by atoms with Crippen LogP contribution in [0.2, 0.25) is 0 Å². The molecular formula is C24H30BrNO2. The number of hydrogen-bond acceptors (Lipinski definition) is 2. The predicted molar refractivity (Wildman–Crippen MR) is 118 cm³/mol. The van der Waals surface area contributed by atoms with Gasteiger partial charge in [0.1, 0.15) is 5.75 Å². The molecule has 1 atom stereocenters. The molecule has 4 heteroatoms. The summed E-state index contributed by atoms with van der Waals surface area (Å²) < 4.78 is 6.99. The van der Waals surface area contributed by atoms with Crippen LogP contribution >= 0.6 is 15.9 Å². The molecule has 150 valence electrons. The zero-order valence-corrected chi connectivity index (χ0v) is 19.0. The second kappa shape index (κ2) is 7.90. The van der Waals surface area contributed by atoms with Crippen LogP contribution in [0, 0.1) is 6.92 Å². The van der Waals surface area contributed by atoms with Crippen LogP contribution in [0.15, 0.2) is 46.9 Å². The van der Waals surface area contributed by atoms with Crippen molar-refractivity contribution in [2.75, 3.05) is 6.61 Å². The van der Waals surface area contributed by atoms with E-state index in [0.29, 0.717) is 0 Å². The minimum atomic E-state index is -0.0729. The van der Waals surface area contributed by atoms with E-state index in [9.17, 15) is 4.79 Å². The van der Waals surface area contributed by atoms with Crippen LogP contribution in [0.4, 0.5) is 0 Å². The van der Waals surface area contributed by atoms with Gasteiger partial charge in [-0.15, -0.1) is 0 Å². The van der Waals surface area contributed by atoms with Crippen LogP contribution in [-0.2, 0) is 15.6 Å². The smallest absolute Gasteiger partial charge is 0.258 e. The third-order valence-electron chi connectivity index (χ3n) is 5.72. The standard InChI is InChI=1S/C24H30BrNO2/c1-16-6-11-21(20(14-16)23(3,4)5)28-15-22(27)26-17(2)24(12-13-24)18-7-9-19(25)10-8-18/h6-11,14,17H,12-13,15H2,1-5H3,(H,26,27). The summed E-state index contributed by atoms with van der Waals surface area (Å²) in [6, 6.07) is 14.6. The lowest BCUT2D eigenvalue weighted by Crippen LogP contribution is -2.43. The monoisotopic (exact) mass is 443 g/mol. The van der Waals surface area contributed by atoms with Crippen molar-refractivity contribution in [3.63, 3.8) is 0 Å². The summed E-state index contributed by atoms with van der Waals surface area (Å²) in [5.74, 6) is 0.714. The molecule has 0 aliphatic heterocycles. The molecule has 1 fully saturated rings. The summed E-state index contributed by atoms with van der Waals surface area (Å²) in [4.78, 5) is 12.6. The Morgan fingerprint density at radius 3 is 2.39 bits per heavy atom. The normalized spacial score (nSPS) is 16.4. The lowest BCUT2D eigenvalue weighted by atomic mass is 9.85. The van der Waals surface area contributed by atoms with Crippen molar-refractivity contribution in [1.29, 1.82) is 0 Å². The van der Waals surface area contributed by atoms with Gasteiger partial charge in [0.15, 0.2) is 6.61 Å². The van der Waals surface area contributed by atoms with E-state index >= 15 is 0 Å². The van der Waals surface area contributed by atoms with Gasteiger partial charge >= 0.3 is 0 Å². The lowest BCUT2D eigenvalue weighted by molar-refractivity contribution is -0.123. The van der Waals surface area contributed by atoms with E-state index in [1.54, 1.807) is 0 Å². The van der Waals surface area contributed by atoms with Crippen LogP contribution in [0.3, 0.4) is 0 Å². The van der Waals surface area contributed by atoms with Crippen LogP contribution in [0.1, 0.15) is 57.2 Å². The largest absolute Gasteiger partial charge is 0.483 e. The van der Waals surface area contributed by atoms with E-state index in [1.165, 1.54) is 11.1 Å². The number of carbonyl (C=O) groups excluding carboxylic acids is 1. The summed E-state index contributed by atoms with van der Waals surface area (Å²) in [5.41, 5.74) is 3.63. The van der Waals surface area contributed by atoms with Crippen molar-refractivity contribution in [2.45, 2.75) is 64.3 Å². The molecule has 2 aromatic carbocycles. The van der Waals surface area contributed by atoms with Gasteiger partial charge in [0.05, 0.1) is 0 Å². The molecule has 2 aromatic rings.